The predicted octanol–water partition coefficient (Wildman–Crippen LogP) is 1.59. The Hall–Kier alpha value is -2.03. The van der Waals surface area contributed by atoms with Crippen LogP contribution in [-0.4, -0.2) is 29.2 Å². The first-order valence-corrected chi connectivity index (χ1v) is 5.99. The van der Waals surface area contributed by atoms with Crippen molar-refractivity contribution in [3.05, 3.63) is 6.33 Å². The average molecular weight is 249 g/mol. The van der Waals surface area contributed by atoms with E-state index in [0.717, 1.165) is 6.54 Å². The van der Waals surface area contributed by atoms with Crippen molar-refractivity contribution in [3.8, 4) is 11.9 Å². The van der Waals surface area contributed by atoms with Crippen molar-refractivity contribution in [1.29, 1.82) is 5.26 Å². The summed E-state index contributed by atoms with van der Waals surface area (Å²) in [5.74, 6) is 1.02. The first-order valence-electron chi connectivity index (χ1n) is 5.99. The summed E-state index contributed by atoms with van der Waals surface area (Å²) in [5.41, 5.74) is 6.43. The van der Waals surface area contributed by atoms with Gasteiger partial charge in [-0.2, -0.15) is 10.2 Å². The lowest BCUT2D eigenvalue weighted by atomic mass is 10.3. The van der Waals surface area contributed by atoms with Crippen LogP contribution in [0.25, 0.3) is 0 Å². The largest absolute Gasteiger partial charge is 0.473 e. The quantitative estimate of drug-likeness (QED) is 0.823. The number of nitrogen functional groups attached to an aromatic ring is 1. The van der Waals surface area contributed by atoms with Gasteiger partial charge in [-0.05, 0) is 20.8 Å². The van der Waals surface area contributed by atoms with Crippen molar-refractivity contribution >= 4 is 11.5 Å². The Labute approximate surface area is 107 Å². The van der Waals surface area contributed by atoms with E-state index in [1.165, 1.54) is 6.33 Å². The van der Waals surface area contributed by atoms with Gasteiger partial charge in [0.15, 0.2) is 5.82 Å². The third-order valence-electron chi connectivity index (χ3n) is 2.35. The summed E-state index contributed by atoms with van der Waals surface area (Å²) in [6, 6.07) is 2.11. The lowest BCUT2D eigenvalue weighted by Crippen LogP contribution is -2.26. The minimum atomic E-state index is 0.00392. The van der Waals surface area contributed by atoms with E-state index in [1.54, 1.807) is 0 Å². The number of hydrogen-bond donors (Lipinski definition) is 1. The van der Waals surface area contributed by atoms with Gasteiger partial charge in [-0.1, -0.05) is 0 Å². The average Bonchev–Trinajstić information content (AvgIpc) is 2.33. The van der Waals surface area contributed by atoms with E-state index < -0.39 is 0 Å². The molecule has 2 N–H and O–H groups in total. The van der Waals surface area contributed by atoms with Gasteiger partial charge in [-0.15, -0.1) is 0 Å². The molecule has 0 unspecified atom stereocenters. The maximum Gasteiger partial charge on any atom is 0.242 e. The highest BCUT2D eigenvalue weighted by molar-refractivity contribution is 5.67. The lowest BCUT2D eigenvalue weighted by Gasteiger charge is -2.23. The first-order chi connectivity index (χ1) is 8.60. The molecule has 0 aliphatic carbocycles. The molecule has 0 aliphatic rings. The molecule has 0 amide bonds. The van der Waals surface area contributed by atoms with Crippen molar-refractivity contribution in [2.45, 2.75) is 33.3 Å². The fraction of sp³-hybridized carbons (Fsp3) is 0.583. The summed E-state index contributed by atoms with van der Waals surface area (Å²) in [4.78, 5) is 10.1. The molecule has 0 bridgehead atoms. The molecule has 1 aromatic heterocycles. The summed E-state index contributed by atoms with van der Waals surface area (Å²) < 4.78 is 5.52. The Morgan fingerprint density at radius 2 is 2.22 bits per heavy atom. The Bertz CT molecular complexity index is 427. The third kappa shape index (κ3) is 3.48. The van der Waals surface area contributed by atoms with Gasteiger partial charge in [0.25, 0.3) is 0 Å². The minimum absolute atomic E-state index is 0.00392. The van der Waals surface area contributed by atoms with Gasteiger partial charge in [0.2, 0.25) is 5.88 Å². The molecule has 1 heterocycles. The molecular weight excluding hydrogens is 230 g/mol. The van der Waals surface area contributed by atoms with Crippen molar-refractivity contribution in [2.24, 2.45) is 0 Å². The monoisotopic (exact) mass is 249 g/mol. The number of hydrogen-bond acceptors (Lipinski definition) is 6. The Balaban J connectivity index is 2.97. The summed E-state index contributed by atoms with van der Waals surface area (Å²) in [6.45, 7) is 7.13. The molecule has 98 valence electrons. The van der Waals surface area contributed by atoms with Gasteiger partial charge in [0.05, 0.1) is 18.6 Å². The third-order valence-corrected chi connectivity index (χ3v) is 2.35. The Morgan fingerprint density at radius 1 is 1.50 bits per heavy atom. The Morgan fingerprint density at radius 3 is 2.78 bits per heavy atom. The number of anilines is 2. The number of aromatic nitrogens is 2. The summed E-state index contributed by atoms with van der Waals surface area (Å²) in [5, 5.41) is 8.64. The van der Waals surface area contributed by atoms with Crippen molar-refractivity contribution in [3.63, 3.8) is 0 Å². The summed E-state index contributed by atoms with van der Waals surface area (Å²) in [7, 11) is 0. The molecule has 6 heteroatoms. The molecular formula is C12H19N5O. The van der Waals surface area contributed by atoms with Crippen LogP contribution in [-0.2, 0) is 0 Å². The van der Waals surface area contributed by atoms with Crippen LogP contribution >= 0.6 is 0 Å². The number of nitriles is 1. The van der Waals surface area contributed by atoms with Crippen LogP contribution in [0.3, 0.4) is 0 Å². The van der Waals surface area contributed by atoms with Crippen LogP contribution in [0, 0.1) is 11.3 Å². The highest BCUT2D eigenvalue weighted by Crippen LogP contribution is 2.28. The van der Waals surface area contributed by atoms with Gasteiger partial charge in [0, 0.05) is 13.1 Å². The predicted molar refractivity (Wildman–Crippen MR) is 70.3 cm³/mol. The van der Waals surface area contributed by atoms with Crippen molar-refractivity contribution in [2.75, 3.05) is 23.7 Å². The van der Waals surface area contributed by atoms with E-state index in [1.807, 2.05) is 25.7 Å². The van der Waals surface area contributed by atoms with E-state index in [-0.39, 0.29) is 6.10 Å². The van der Waals surface area contributed by atoms with Gasteiger partial charge in [-0.25, -0.2) is 4.98 Å². The zero-order chi connectivity index (χ0) is 13.5. The molecule has 0 fully saturated rings. The maximum atomic E-state index is 8.64. The zero-order valence-corrected chi connectivity index (χ0v) is 11.1. The van der Waals surface area contributed by atoms with Gasteiger partial charge >= 0.3 is 0 Å². The normalized spacial score (nSPS) is 10.2. The zero-order valence-electron chi connectivity index (χ0n) is 11.1. The molecule has 0 saturated heterocycles. The number of nitrogens with two attached hydrogens (primary N) is 1. The second-order valence-corrected chi connectivity index (χ2v) is 4.07. The fourth-order valence-electron chi connectivity index (χ4n) is 1.54. The van der Waals surface area contributed by atoms with Crippen LogP contribution in [0.5, 0.6) is 5.88 Å². The second kappa shape index (κ2) is 6.64. The molecule has 1 aromatic rings. The molecule has 0 saturated carbocycles. The van der Waals surface area contributed by atoms with E-state index in [2.05, 4.69) is 16.0 Å². The SMILES string of the molecule is CCN(CCC#N)c1ncnc(OC(C)C)c1N. The molecule has 0 atom stereocenters. The van der Waals surface area contributed by atoms with E-state index in [0.29, 0.717) is 30.4 Å². The first kappa shape index (κ1) is 14.0. The van der Waals surface area contributed by atoms with Crippen LogP contribution in [0.15, 0.2) is 6.33 Å². The van der Waals surface area contributed by atoms with Gasteiger partial charge in [0.1, 0.15) is 12.0 Å². The van der Waals surface area contributed by atoms with Crippen molar-refractivity contribution < 1.29 is 4.74 Å². The van der Waals surface area contributed by atoms with Crippen LogP contribution in [0.1, 0.15) is 27.2 Å². The van der Waals surface area contributed by atoms with Crippen LogP contribution in [0.2, 0.25) is 0 Å². The second-order valence-electron chi connectivity index (χ2n) is 4.07. The van der Waals surface area contributed by atoms with Crippen LogP contribution < -0.4 is 15.4 Å². The topological polar surface area (TPSA) is 88.1 Å². The number of rotatable bonds is 6. The molecule has 18 heavy (non-hydrogen) atoms. The molecule has 0 aliphatic heterocycles. The molecule has 1 rings (SSSR count). The standard InChI is InChI=1S/C12H19N5O/c1-4-17(7-5-6-13)11-10(14)12(16-8-15-11)18-9(2)3/h8-9H,4-5,7,14H2,1-3H3. The summed E-state index contributed by atoms with van der Waals surface area (Å²) >= 11 is 0. The lowest BCUT2D eigenvalue weighted by molar-refractivity contribution is 0.234. The fourth-order valence-corrected chi connectivity index (χ4v) is 1.54. The number of ether oxygens (including phenoxy) is 1. The molecule has 0 aromatic carbocycles. The minimum Gasteiger partial charge on any atom is -0.473 e. The van der Waals surface area contributed by atoms with Crippen molar-refractivity contribution in [1.82, 2.24) is 9.97 Å². The van der Waals surface area contributed by atoms with Gasteiger partial charge in [-0.3, -0.25) is 0 Å². The molecule has 6 nitrogen and oxygen atoms in total. The molecule has 0 spiro atoms. The number of nitrogens with zero attached hydrogens (tertiary/aromatic N) is 4. The highest BCUT2D eigenvalue weighted by Gasteiger charge is 2.15. The van der Waals surface area contributed by atoms with E-state index in [4.69, 9.17) is 15.7 Å². The summed E-state index contributed by atoms with van der Waals surface area (Å²) in [6.07, 6.45) is 1.86. The van der Waals surface area contributed by atoms with Gasteiger partial charge < -0.3 is 15.4 Å². The maximum absolute atomic E-state index is 8.64. The van der Waals surface area contributed by atoms with E-state index >= 15 is 0 Å². The molecule has 0 radical (unpaired) electrons. The van der Waals surface area contributed by atoms with Crippen LogP contribution in [0.4, 0.5) is 11.5 Å². The Kier molecular flexibility index (Phi) is 5.18. The van der Waals surface area contributed by atoms with E-state index in [9.17, 15) is 0 Å². The highest BCUT2D eigenvalue weighted by atomic mass is 16.5. The smallest absolute Gasteiger partial charge is 0.242 e.